The predicted octanol–water partition coefficient (Wildman–Crippen LogP) is 5.10. The van der Waals surface area contributed by atoms with Gasteiger partial charge in [0.15, 0.2) is 0 Å². The quantitative estimate of drug-likeness (QED) is 0.449. The summed E-state index contributed by atoms with van der Waals surface area (Å²) in [4.78, 5) is 39.9. The van der Waals surface area contributed by atoms with E-state index in [2.05, 4.69) is 23.5 Å². The number of ether oxygens (including phenoxy) is 1. The lowest BCUT2D eigenvalue weighted by molar-refractivity contribution is -0.135. The molecule has 0 spiro atoms. The molecular weight excluding hydrogens is 476 g/mol. The van der Waals surface area contributed by atoms with Gasteiger partial charge in [-0.25, -0.2) is 4.79 Å². The van der Waals surface area contributed by atoms with E-state index in [1.54, 1.807) is 6.07 Å². The third-order valence-electron chi connectivity index (χ3n) is 7.72. The van der Waals surface area contributed by atoms with Crippen molar-refractivity contribution in [2.45, 2.75) is 45.7 Å². The Morgan fingerprint density at radius 1 is 1.00 bits per heavy atom. The minimum atomic E-state index is -0.373. The molecule has 0 saturated heterocycles. The summed E-state index contributed by atoms with van der Waals surface area (Å²) in [5.74, 6) is 0.0501. The number of hydrogen-bond donors (Lipinski definition) is 1. The summed E-state index contributed by atoms with van der Waals surface area (Å²) in [5, 5.41) is 3.16. The summed E-state index contributed by atoms with van der Waals surface area (Å²) >= 11 is 0. The summed E-state index contributed by atoms with van der Waals surface area (Å²) in [7, 11) is 1.38. The van der Waals surface area contributed by atoms with Gasteiger partial charge < -0.3 is 15.0 Å². The molecular formula is C32H34N2O4. The second-order valence-corrected chi connectivity index (χ2v) is 10.5. The van der Waals surface area contributed by atoms with E-state index in [1.807, 2.05) is 61.2 Å². The zero-order valence-corrected chi connectivity index (χ0v) is 22.2. The number of nitrogens with one attached hydrogen (secondary N) is 1. The number of esters is 1. The number of carbonyl (C=O) groups is 3. The van der Waals surface area contributed by atoms with Crippen LogP contribution in [0.15, 0.2) is 66.7 Å². The number of carbonyl (C=O) groups excluding carboxylic acids is 3. The number of hydrogen-bond acceptors (Lipinski definition) is 4. The Balaban J connectivity index is 1.41. The lowest BCUT2D eigenvalue weighted by Gasteiger charge is -2.33. The van der Waals surface area contributed by atoms with Gasteiger partial charge in [-0.05, 0) is 64.3 Å². The molecule has 1 fully saturated rings. The van der Waals surface area contributed by atoms with Crippen LogP contribution in [0, 0.1) is 11.8 Å². The standard InChI is InChI=1S/C32H34N2O4/c1-20(2)31(36)34-15-14-26-25(22-10-7-11-23(16-22)32(37)38-3)13-12-24(29(26)19-34)18-33-30(35)28-17-27(28)21-8-5-4-6-9-21/h4-13,16,20,27-28H,14-15,17-19H2,1-3H3,(H,33,35)/t27-,28-/m0/s1. The van der Waals surface area contributed by atoms with Crippen LogP contribution < -0.4 is 5.32 Å². The van der Waals surface area contributed by atoms with Crippen LogP contribution in [0.2, 0.25) is 0 Å². The van der Waals surface area contributed by atoms with E-state index >= 15 is 0 Å². The zero-order chi connectivity index (χ0) is 26.8. The third-order valence-corrected chi connectivity index (χ3v) is 7.72. The lowest BCUT2D eigenvalue weighted by Crippen LogP contribution is -2.39. The molecule has 0 radical (unpaired) electrons. The molecule has 1 saturated carbocycles. The summed E-state index contributed by atoms with van der Waals surface area (Å²) in [5.41, 5.74) is 6.98. The molecule has 1 aliphatic heterocycles. The molecule has 2 atom stereocenters. The van der Waals surface area contributed by atoms with Crippen molar-refractivity contribution in [3.8, 4) is 11.1 Å². The van der Waals surface area contributed by atoms with Gasteiger partial charge in [0.1, 0.15) is 0 Å². The number of rotatable bonds is 7. The van der Waals surface area contributed by atoms with Crippen molar-refractivity contribution in [2.24, 2.45) is 11.8 Å². The Hall–Kier alpha value is -3.93. The fourth-order valence-electron chi connectivity index (χ4n) is 5.53. The molecule has 0 aromatic heterocycles. The van der Waals surface area contributed by atoms with Crippen LogP contribution in [-0.2, 0) is 33.8 Å². The van der Waals surface area contributed by atoms with Crippen molar-refractivity contribution in [1.82, 2.24) is 10.2 Å². The van der Waals surface area contributed by atoms with Gasteiger partial charge in [-0.15, -0.1) is 0 Å². The molecule has 0 bridgehead atoms. The lowest BCUT2D eigenvalue weighted by atomic mass is 9.86. The second kappa shape index (κ2) is 10.8. The van der Waals surface area contributed by atoms with Crippen molar-refractivity contribution in [3.63, 3.8) is 0 Å². The normalized spacial score (nSPS) is 18.1. The molecule has 6 nitrogen and oxygen atoms in total. The van der Waals surface area contributed by atoms with Crippen LogP contribution in [0.1, 0.15) is 58.8 Å². The van der Waals surface area contributed by atoms with E-state index < -0.39 is 0 Å². The molecule has 1 aliphatic carbocycles. The first-order chi connectivity index (χ1) is 18.4. The molecule has 5 rings (SSSR count). The highest BCUT2D eigenvalue weighted by atomic mass is 16.5. The fraction of sp³-hybridized carbons (Fsp3) is 0.344. The van der Waals surface area contributed by atoms with Gasteiger partial charge in [0.05, 0.1) is 12.7 Å². The van der Waals surface area contributed by atoms with Gasteiger partial charge in [0, 0.05) is 31.5 Å². The average Bonchev–Trinajstić information content (AvgIpc) is 3.76. The minimum Gasteiger partial charge on any atom is -0.465 e. The number of amides is 2. The molecule has 1 heterocycles. The Morgan fingerprint density at radius 3 is 2.53 bits per heavy atom. The predicted molar refractivity (Wildman–Crippen MR) is 146 cm³/mol. The molecule has 2 aliphatic rings. The smallest absolute Gasteiger partial charge is 0.337 e. The van der Waals surface area contributed by atoms with E-state index in [0.29, 0.717) is 31.6 Å². The maximum absolute atomic E-state index is 13.0. The van der Waals surface area contributed by atoms with Gasteiger partial charge in [0.2, 0.25) is 11.8 Å². The van der Waals surface area contributed by atoms with E-state index in [1.165, 1.54) is 18.2 Å². The highest BCUT2D eigenvalue weighted by molar-refractivity contribution is 5.91. The third kappa shape index (κ3) is 5.21. The van der Waals surface area contributed by atoms with Gasteiger partial charge >= 0.3 is 5.97 Å². The summed E-state index contributed by atoms with van der Waals surface area (Å²) in [6.07, 6.45) is 1.59. The largest absolute Gasteiger partial charge is 0.465 e. The van der Waals surface area contributed by atoms with Crippen LogP contribution in [0.5, 0.6) is 0 Å². The number of nitrogens with zero attached hydrogens (tertiary/aromatic N) is 1. The molecule has 1 N–H and O–H groups in total. The van der Waals surface area contributed by atoms with E-state index in [9.17, 15) is 14.4 Å². The Kier molecular flexibility index (Phi) is 7.32. The minimum absolute atomic E-state index is 0.00702. The molecule has 38 heavy (non-hydrogen) atoms. The maximum Gasteiger partial charge on any atom is 0.337 e. The summed E-state index contributed by atoms with van der Waals surface area (Å²) < 4.78 is 4.91. The van der Waals surface area contributed by atoms with Gasteiger partial charge in [-0.3, -0.25) is 9.59 Å². The Bertz CT molecular complexity index is 1370. The van der Waals surface area contributed by atoms with Crippen molar-refractivity contribution >= 4 is 17.8 Å². The first-order valence-electron chi connectivity index (χ1n) is 13.3. The molecule has 3 aromatic carbocycles. The summed E-state index contributed by atoms with van der Waals surface area (Å²) in [6.45, 7) is 5.42. The fourth-order valence-corrected chi connectivity index (χ4v) is 5.53. The molecule has 2 amide bonds. The topological polar surface area (TPSA) is 75.7 Å². The van der Waals surface area contributed by atoms with Crippen LogP contribution in [0.25, 0.3) is 11.1 Å². The highest BCUT2D eigenvalue weighted by Crippen LogP contribution is 2.47. The second-order valence-electron chi connectivity index (χ2n) is 10.5. The maximum atomic E-state index is 13.0. The van der Waals surface area contributed by atoms with Crippen LogP contribution >= 0.6 is 0 Å². The monoisotopic (exact) mass is 510 g/mol. The first kappa shape index (κ1) is 25.7. The number of benzene rings is 3. The summed E-state index contributed by atoms with van der Waals surface area (Å²) in [6, 6.07) is 21.8. The molecule has 0 unspecified atom stereocenters. The number of methoxy groups -OCH3 is 1. The van der Waals surface area contributed by atoms with E-state index in [0.717, 1.165) is 28.7 Å². The van der Waals surface area contributed by atoms with Gasteiger partial charge in [-0.1, -0.05) is 68.4 Å². The van der Waals surface area contributed by atoms with Crippen molar-refractivity contribution in [3.05, 3.63) is 94.5 Å². The van der Waals surface area contributed by atoms with Crippen molar-refractivity contribution in [1.29, 1.82) is 0 Å². The van der Waals surface area contributed by atoms with Crippen molar-refractivity contribution in [2.75, 3.05) is 13.7 Å². The van der Waals surface area contributed by atoms with Crippen LogP contribution in [0.4, 0.5) is 0 Å². The van der Waals surface area contributed by atoms with Gasteiger partial charge in [-0.2, -0.15) is 0 Å². The Labute approximate surface area is 224 Å². The average molecular weight is 511 g/mol. The Morgan fingerprint density at radius 2 is 1.79 bits per heavy atom. The number of fused-ring (bicyclic) bond motifs is 1. The van der Waals surface area contributed by atoms with Crippen LogP contribution in [-0.4, -0.2) is 36.3 Å². The van der Waals surface area contributed by atoms with Gasteiger partial charge in [0.25, 0.3) is 0 Å². The van der Waals surface area contributed by atoms with E-state index in [4.69, 9.17) is 4.74 Å². The highest BCUT2D eigenvalue weighted by Gasteiger charge is 2.43. The molecule has 3 aromatic rings. The first-order valence-corrected chi connectivity index (χ1v) is 13.3. The molecule has 6 heteroatoms. The van der Waals surface area contributed by atoms with E-state index in [-0.39, 0.29) is 35.5 Å². The molecule has 196 valence electrons. The van der Waals surface area contributed by atoms with Crippen LogP contribution in [0.3, 0.4) is 0 Å². The zero-order valence-electron chi connectivity index (χ0n) is 22.2. The SMILES string of the molecule is COC(=O)c1cccc(-c2ccc(CNC(=O)[C@H]3C[C@H]3c3ccccc3)c3c2CCN(C(=O)C(C)C)C3)c1. The van der Waals surface area contributed by atoms with Crippen molar-refractivity contribution < 1.29 is 19.1 Å².